The van der Waals surface area contributed by atoms with E-state index in [2.05, 4.69) is 33.0 Å². The Morgan fingerprint density at radius 2 is 1.24 bits per heavy atom. The van der Waals surface area contributed by atoms with Crippen molar-refractivity contribution in [3.63, 3.8) is 0 Å². The number of nitrogens with zero attached hydrogens (tertiary/aromatic N) is 8. The maximum Gasteiger partial charge on any atom is 0.231 e. The van der Waals surface area contributed by atoms with Crippen LogP contribution in [0.25, 0.3) is 0 Å². The van der Waals surface area contributed by atoms with Crippen LogP contribution in [0.1, 0.15) is 54.8 Å². The summed E-state index contributed by atoms with van der Waals surface area (Å²) in [5.41, 5.74) is 1.95. The Kier molecular flexibility index (Phi) is 10.4. The fourth-order valence-corrected chi connectivity index (χ4v) is 7.92. The molecule has 0 bridgehead atoms. The van der Waals surface area contributed by atoms with E-state index in [1.807, 2.05) is 18.7 Å². The third-order valence-electron chi connectivity index (χ3n) is 8.57. The van der Waals surface area contributed by atoms with Gasteiger partial charge in [0, 0.05) is 74.7 Å². The van der Waals surface area contributed by atoms with Gasteiger partial charge in [0.1, 0.15) is 0 Å². The summed E-state index contributed by atoms with van der Waals surface area (Å²) in [7, 11) is 0. The number of carbonyl (C=O) groups is 4. The summed E-state index contributed by atoms with van der Waals surface area (Å²) >= 11 is 2.88. The van der Waals surface area contributed by atoms with Crippen molar-refractivity contribution in [2.24, 2.45) is 17.8 Å². The van der Waals surface area contributed by atoms with Crippen LogP contribution < -0.4 is 10.6 Å². The number of thiazole rings is 2. The van der Waals surface area contributed by atoms with Crippen molar-refractivity contribution in [1.82, 2.24) is 29.6 Å². The smallest absolute Gasteiger partial charge is 0.231 e. The van der Waals surface area contributed by atoms with Gasteiger partial charge >= 0.3 is 0 Å². The second-order valence-electron chi connectivity index (χ2n) is 12.2. The zero-order valence-corrected chi connectivity index (χ0v) is 27.9. The molecule has 0 saturated carbocycles. The van der Waals surface area contributed by atoms with Crippen molar-refractivity contribution >= 4 is 56.6 Å². The van der Waals surface area contributed by atoms with Gasteiger partial charge in [0.15, 0.2) is 22.6 Å². The van der Waals surface area contributed by atoms with Crippen LogP contribution in [-0.4, -0.2) is 92.5 Å². The summed E-state index contributed by atoms with van der Waals surface area (Å²) in [5.74, 6) is -0.265. The van der Waals surface area contributed by atoms with Gasteiger partial charge in [-0.3, -0.25) is 19.2 Å². The normalized spacial score (nSPS) is 20.2. The van der Waals surface area contributed by atoms with Gasteiger partial charge < -0.3 is 30.2 Å². The predicted molar refractivity (Wildman–Crippen MR) is 171 cm³/mol. The van der Waals surface area contributed by atoms with Crippen LogP contribution in [0.2, 0.25) is 0 Å². The molecule has 2 N–H and O–H groups in total. The summed E-state index contributed by atoms with van der Waals surface area (Å²) < 4.78 is 0. The second-order valence-corrected chi connectivity index (χ2v) is 14.3. The minimum atomic E-state index is -0.162. The molecule has 2 fully saturated rings. The number of likely N-dealkylation sites (tertiary alicyclic amines) is 2. The molecule has 0 unspecified atom stereocenters. The lowest BCUT2D eigenvalue weighted by atomic mass is 10.1. The zero-order chi connectivity index (χ0) is 33.0. The van der Waals surface area contributed by atoms with E-state index in [1.54, 1.807) is 21.6 Å². The highest BCUT2D eigenvalue weighted by Gasteiger charge is 2.31. The van der Waals surface area contributed by atoms with Crippen LogP contribution in [0.3, 0.4) is 0 Å². The van der Waals surface area contributed by atoms with Crippen molar-refractivity contribution < 1.29 is 19.2 Å². The fourth-order valence-electron chi connectivity index (χ4n) is 5.87. The highest BCUT2D eigenvalue weighted by Crippen LogP contribution is 2.31. The van der Waals surface area contributed by atoms with Crippen molar-refractivity contribution in [3.8, 4) is 12.4 Å². The standard InChI is InChI=1S/C16H21N5O2S.C14H17N5O2S/c1-10(2)15(23)21-6-4-12-13(8-21)24-16(18-12)19-14(22)11-3-5-20(7-11)9-17;1-9(20)19-5-3-11-12(7-19)22-14(16-11)17-13(21)10-2-4-18(6-10)8-15/h10-11H,3-8H2,1-2H3,(H,18,19,22);10H,2-7H2,1H3,(H,16,17,21)/t11-;10-/m00/s1. The van der Waals surface area contributed by atoms with E-state index in [9.17, 15) is 19.2 Å². The number of aromatic nitrogens is 2. The average molecular weight is 667 g/mol. The number of amides is 4. The largest absolute Gasteiger partial charge is 0.337 e. The molecule has 0 aliphatic carbocycles. The molecule has 2 saturated heterocycles. The monoisotopic (exact) mass is 666 g/mol. The molecule has 14 nitrogen and oxygen atoms in total. The molecule has 0 aromatic carbocycles. The number of anilines is 2. The van der Waals surface area contributed by atoms with Gasteiger partial charge in [0.25, 0.3) is 0 Å². The van der Waals surface area contributed by atoms with Crippen LogP contribution in [0.15, 0.2) is 0 Å². The minimum absolute atomic E-state index is 0.0101. The van der Waals surface area contributed by atoms with Crippen molar-refractivity contribution in [3.05, 3.63) is 21.1 Å². The van der Waals surface area contributed by atoms with Crippen molar-refractivity contribution in [2.75, 3.05) is 49.9 Å². The molecule has 2 aromatic rings. The third kappa shape index (κ3) is 7.74. The van der Waals surface area contributed by atoms with E-state index < -0.39 is 0 Å². The van der Waals surface area contributed by atoms with E-state index >= 15 is 0 Å². The molecule has 16 heteroatoms. The van der Waals surface area contributed by atoms with Crippen LogP contribution in [0, 0.1) is 40.7 Å². The average Bonchev–Trinajstić information content (AvgIpc) is 3.85. The summed E-state index contributed by atoms with van der Waals surface area (Å²) in [5, 5.41) is 24.6. The van der Waals surface area contributed by atoms with Crippen molar-refractivity contribution in [1.29, 1.82) is 10.5 Å². The van der Waals surface area contributed by atoms with Gasteiger partial charge in [-0.05, 0) is 12.8 Å². The fraction of sp³-hybridized carbons (Fsp3) is 0.600. The number of fused-ring (bicyclic) bond motifs is 2. The molecule has 4 aliphatic heterocycles. The maximum absolute atomic E-state index is 12.3. The molecule has 6 rings (SSSR count). The van der Waals surface area contributed by atoms with Gasteiger partial charge in [-0.15, -0.1) is 0 Å². The lowest BCUT2D eigenvalue weighted by Crippen LogP contribution is -2.37. The van der Waals surface area contributed by atoms with Crippen molar-refractivity contribution in [2.45, 2.75) is 59.5 Å². The van der Waals surface area contributed by atoms with Crippen LogP contribution in [0.4, 0.5) is 10.3 Å². The lowest BCUT2D eigenvalue weighted by Gasteiger charge is -2.27. The van der Waals surface area contributed by atoms with E-state index in [0.717, 1.165) is 34.0 Å². The van der Waals surface area contributed by atoms with Gasteiger partial charge in [0.05, 0.1) is 36.3 Å². The molecule has 4 amide bonds. The topological polar surface area (TPSA) is 179 Å². The quantitative estimate of drug-likeness (QED) is 0.450. The zero-order valence-electron chi connectivity index (χ0n) is 26.2. The summed E-state index contributed by atoms with van der Waals surface area (Å²) in [4.78, 5) is 66.0. The van der Waals surface area contributed by atoms with E-state index in [1.165, 1.54) is 22.7 Å². The first-order valence-electron chi connectivity index (χ1n) is 15.5. The molecule has 2 atom stereocenters. The van der Waals surface area contributed by atoms with E-state index in [4.69, 9.17) is 10.5 Å². The van der Waals surface area contributed by atoms with Crippen LogP contribution in [0.5, 0.6) is 0 Å². The first-order chi connectivity index (χ1) is 22.0. The molecule has 244 valence electrons. The number of nitriles is 2. The van der Waals surface area contributed by atoms with Gasteiger partial charge in [0.2, 0.25) is 23.6 Å². The summed E-state index contributed by atoms with van der Waals surface area (Å²) in [6, 6.07) is 0. The Morgan fingerprint density at radius 1 is 0.783 bits per heavy atom. The summed E-state index contributed by atoms with van der Waals surface area (Å²) in [6.45, 7) is 10.1. The maximum atomic E-state index is 12.3. The predicted octanol–water partition coefficient (Wildman–Crippen LogP) is 2.21. The number of hydrogen-bond donors (Lipinski definition) is 2. The highest BCUT2D eigenvalue weighted by atomic mass is 32.1. The van der Waals surface area contributed by atoms with Crippen LogP contribution >= 0.6 is 22.7 Å². The molecule has 0 radical (unpaired) electrons. The molecular formula is C30H38N10O4S2. The van der Waals surface area contributed by atoms with E-state index in [-0.39, 0.29) is 41.4 Å². The molecule has 0 spiro atoms. The summed E-state index contributed by atoms with van der Waals surface area (Å²) in [6.07, 6.45) is 7.00. The minimum Gasteiger partial charge on any atom is -0.337 e. The Balaban J connectivity index is 0.000000182. The highest BCUT2D eigenvalue weighted by molar-refractivity contribution is 7.16. The molecule has 6 heterocycles. The Bertz CT molecular complexity index is 1570. The molecule has 4 aliphatic rings. The number of carbonyl (C=O) groups excluding carboxylic acids is 4. The second kappa shape index (κ2) is 14.4. The van der Waals surface area contributed by atoms with E-state index in [0.29, 0.717) is 75.5 Å². The Hall–Kier alpha value is -4.28. The molecular weight excluding hydrogens is 629 g/mol. The van der Waals surface area contributed by atoms with Gasteiger partial charge in [-0.2, -0.15) is 10.5 Å². The van der Waals surface area contributed by atoms with Gasteiger partial charge in [-0.25, -0.2) is 9.97 Å². The Labute approximate surface area is 276 Å². The number of rotatable bonds is 5. The van der Waals surface area contributed by atoms with Gasteiger partial charge in [-0.1, -0.05) is 36.5 Å². The number of hydrogen-bond acceptors (Lipinski definition) is 12. The first kappa shape index (κ1) is 33.1. The molecule has 46 heavy (non-hydrogen) atoms. The van der Waals surface area contributed by atoms with Crippen LogP contribution in [-0.2, 0) is 45.1 Å². The number of nitrogens with one attached hydrogen (secondary N) is 2. The first-order valence-corrected chi connectivity index (χ1v) is 17.1. The Morgan fingerprint density at radius 3 is 1.65 bits per heavy atom. The third-order valence-corrected chi connectivity index (χ3v) is 10.6. The SMILES string of the molecule is CC(=O)N1CCc2nc(NC(=O)[C@H]3CCN(C#N)C3)sc2C1.CC(C)C(=O)N1CCc2nc(NC(=O)[C@H]3CCN(C#N)C3)sc2C1. The lowest BCUT2D eigenvalue weighted by molar-refractivity contribution is -0.135. The molecule has 2 aromatic heterocycles.